The molecule has 3 aromatic rings. The predicted octanol–water partition coefficient (Wildman–Crippen LogP) is 2.58. The maximum absolute atomic E-state index is 12.0. The third-order valence-corrected chi connectivity index (χ3v) is 3.71. The largest absolute Gasteiger partial charge is 0.444 e. The van der Waals surface area contributed by atoms with Crippen molar-refractivity contribution in [1.82, 2.24) is 9.55 Å². The van der Waals surface area contributed by atoms with Gasteiger partial charge in [0, 0.05) is 17.4 Å². The number of H-pyrrole nitrogens is 1. The topological polar surface area (TPSA) is 93.2 Å². The summed E-state index contributed by atoms with van der Waals surface area (Å²) in [4.78, 5) is 37.3. The molecule has 0 saturated carbocycles. The molecule has 0 aliphatic carbocycles. The summed E-state index contributed by atoms with van der Waals surface area (Å²) in [5, 5.41) is 2.62. The molecule has 0 atom stereocenters. The van der Waals surface area contributed by atoms with E-state index in [0.29, 0.717) is 17.1 Å². The Balaban J connectivity index is 1.67. The summed E-state index contributed by atoms with van der Waals surface area (Å²) in [6.07, 6.45) is -0.570. The molecule has 0 fully saturated rings. The van der Waals surface area contributed by atoms with E-state index in [4.69, 9.17) is 4.74 Å². The summed E-state index contributed by atoms with van der Waals surface area (Å²) >= 11 is 0. The number of nitrogens with one attached hydrogen (secondary N) is 2. The summed E-state index contributed by atoms with van der Waals surface area (Å²) in [5.41, 5.74) is 1.56. The smallest absolute Gasteiger partial charge is 0.411 e. The minimum atomic E-state index is -0.570. The van der Waals surface area contributed by atoms with E-state index in [0.717, 1.165) is 5.56 Å². The van der Waals surface area contributed by atoms with Gasteiger partial charge in [0.25, 0.3) is 5.56 Å². The van der Waals surface area contributed by atoms with Crippen LogP contribution in [0.15, 0.2) is 70.3 Å². The number of hydrogen-bond acceptors (Lipinski definition) is 4. The fourth-order valence-electron chi connectivity index (χ4n) is 2.50. The number of aromatic amines is 1. The maximum atomic E-state index is 12.0. The molecule has 1 aromatic heterocycles. The molecule has 2 aromatic carbocycles. The van der Waals surface area contributed by atoms with Gasteiger partial charge in [-0.3, -0.25) is 19.7 Å². The molecule has 7 nitrogen and oxygen atoms in total. The van der Waals surface area contributed by atoms with Crippen molar-refractivity contribution in [3.05, 3.63) is 92.8 Å². The number of ether oxygens (including phenoxy) is 1. The van der Waals surface area contributed by atoms with E-state index in [-0.39, 0.29) is 6.61 Å². The van der Waals surface area contributed by atoms with Gasteiger partial charge in [-0.2, -0.15) is 0 Å². The van der Waals surface area contributed by atoms with Crippen molar-refractivity contribution in [2.75, 3.05) is 5.32 Å². The molecule has 3 rings (SSSR count). The SMILES string of the molecule is Cc1cc(=O)[nH]c(=O)n1-c1ccc(NC(=O)OCc2ccccc2)cc1. The lowest BCUT2D eigenvalue weighted by molar-refractivity contribution is 0.155. The van der Waals surface area contributed by atoms with Crippen LogP contribution in [0, 0.1) is 6.92 Å². The summed E-state index contributed by atoms with van der Waals surface area (Å²) in [6, 6.07) is 17.3. The van der Waals surface area contributed by atoms with Crippen LogP contribution in [0.1, 0.15) is 11.3 Å². The van der Waals surface area contributed by atoms with Gasteiger partial charge in [-0.1, -0.05) is 30.3 Å². The van der Waals surface area contributed by atoms with Gasteiger partial charge in [0.05, 0.1) is 5.69 Å². The lowest BCUT2D eigenvalue weighted by atomic mass is 10.2. The van der Waals surface area contributed by atoms with Crippen molar-refractivity contribution in [2.45, 2.75) is 13.5 Å². The minimum Gasteiger partial charge on any atom is -0.444 e. The first-order valence-electron chi connectivity index (χ1n) is 7.94. The lowest BCUT2D eigenvalue weighted by Gasteiger charge is -2.10. The second kappa shape index (κ2) is 7.52. The molecular formula is C19H17N3O4. The molecule has 0 aliphatic rings. The van der Waals surface area contributed by atoms with Gasteiger partial charge >= 0.3 is 11.8 Å². The summed E-state index contributed by atoms with van der Waals surface area (Å²) in [6.45, 7) is 1.85. The number of amides is 1. The second-order valence-electron chi connectivity index (χ2n) is 5.65. The van der Waals surface area contributed by atoms with Gasteiger partial charge in [-0.05, 0) is 36.8 Å². The summed E-state index contributed by atoms with van der Waals surface area (Å²) < 4.78 is 6.53. The van der Waals surface area contributed by atoms with Crippen molar-refractivity contribution in [2.24, 2.45) is 0 Å². The Hall–Kier alpha value is -3.61. The molecule has 0 aliphatic heterocycles. The zero-order valence-corrected chi connectivity index (χ0v) is 14.1. The maximum Gasteiger partial charge on any atom is 0.411 e. The van der Waals surface area contributed by atoms with Crippen molar-refractivity contribution < 1.29 is 9.53 Å². The molecule has 0 unspecified atom stereocenters. The van der Waals surface area contributed by atoms with Gasteiger partial charge in [0.15, 0.2) is 0 Å². The van der Waals surface area contributed by atoms with Crippen LogP contribution < -0.4 is 16.6 Å². The zero-order chi connectivity index (χ0) is 18.5. The monoisotopic (exact) mass is 351 g/mol. The first kappa shape index (κ1) is 17.2. The van der Waals surface area contributed by atoms with Crippen LogP contribution in [0.4, 0.5) is 10.5 Å². The number of benzene rings is 2. The Labute approximate surface area is 148 Å². The van der Waals surface area contributed by atoms with Crippen molar-refractivity contribution in [1.29, 1.82) is 0 Å². The first-order valence-corrected chi connectivity index (χ1v) is 7.94. The minimum absolute atomic E-state index is 0.177. The quantitative estimate of drug-likeness (QED) is 0.755. The molecule has 0 radical (unpaired) electrons. The Morgan fingerprint density at radius 3 is 2.42 bits per heavy atom. The van der Waals surface area contributed by atoms with E-state index < -0.39 is 17.3 Å². The predicted molar refractivity (Wildman–Crippen MR) is 97.6 cm³/mol. The van der Waals surface area contributed by atoms with E-state index in [1.165, 1.54) is 10.6 Å². The number of hydrogen-bond donors (Lipinski definition) is 2. The van der Waals surface area contributed by atoms with Gasteiger partial charge in [-0.15, -0.1) is 0 Å². The third-order valence-electron chi connectivity index (χ3n) is 3.71. The van der Waals surface area contributed by atoms with E-state index in [9.17, 15) is 14.4 Å². The van der Waals surface area contributed by atoms with Gasteiger partial charge in [-0.25, -0.2) is 9.59 Å². The van der Waals surface area contributed by atoms with Crippen LogP contribution in [0.2, 0.25) is 0 Å². The number of carbonyl (C=O) groups excluding carboxylic acids is 1. The Morgan fingerprint density at radius 1 is 1.08 bits per heavy atom. The summed E-state index contributed by atoms with van der Waals surface area (Å²) in [7, 11) is 0. The van der Waals surface area contributed by atoms with Crippen LogP contribution in [0.25, 0.3) is 5.69 Å². The Kier molecular flexibility index (Phi) is 4.98. The van der Waals surface area contributed by atoms with E-state index in [1.807, 2.05) is 30.3 Å². The highest BCUT2D eigenvalue weighted by Gasteiger charge is 2.07. The van der Waals surface area contributed by atoms with Crippen LogP contribution in [-0.4, -0.2) is 15.6 Å². The van der Waals surface area contributed by atoms with Crippen LogP contribution in [0.5, 0.6) is 0 Å². The number of anilines is 1. The Morgan fingerprint density at radius 2 is 1.77 bits per heavy atom. The highest BCUT2D eigenvalue weighted by Crippen LogP contribution is 2.13. The number of nitrogens with zero attached hydrogens (tertiary/aromatic N) is 1. The fourth-order valence-corrected chi connectivity index (χ4v) is 2.50. The molecule has 0 saturated heterocycles. The first-order chi connectivity index (χ1) is 12.5. The van der Waals surface area contributed by atoms with Gasteiger partial charge in [0.1, 0.15) is 6.61 Å². The average Bonchev–Trinajstić information content (AvgIpc) is 2.61. The van der Waals surface area contributed by atoms with Crippen molar-refractivity contribution in [3.63, 3.8) is 0 Å². The molecule has 2 N–H and O–H groups in total. The fraction of sp³-hybridized carbons (Fsp3) is 0.105. The van der Waals surface area contributed by atoms with Crippen molar-refractivity contribution in [3.8, 4) is 5.69 Å². The summed E-state index contributed by atoms with van der Waals surface area (Å²) in [5.74, 6) is 0. The van der Waals surface area contributed by atoms with Crippen LogP contribution >= 0.6 is 0 Å². The molecule has 26 heavy (non-hydrogen) atoms. The van der Waals surface area contributed by atoms with E-state index in [2.05, 4.69) is 10.3 Å². The highest BCUT2D eigenvalue weighted by molar-refractivity contribution is 5.84. The zero-order valence-electron chi connectivity index (χ0n) is 14.1. The van der Waals surface area contributed by atoms with Crippen molar-refractivity contribution >= 4 is 11.8 Å². The van der Waals surface area contributed by atoms with E-state index >= 15 is 0 Å². The molecule has 0 spiro atoms. The molecule has 7 heteroatoms. The number of carbonyl (C=O) groups is 1. The molecule has 1 heterocycles. The molecular weight excluding hydrogens is 334 g/mol. The standard InChI is InChI=1S/C19H17N3O4/c1-13-11-17(23)21-18(24)22(13)16-9-7-15(8-10-16)20-19(25)26-12-14-5-3-2-4-6-14/h2-11H,12H2,1H3,(H,20,25)(H,21,23,24). The van der Waals surface area contributed by atoms with E-state index in [1.54, 1.807) is 31.2 Å². The number of aromatic nitrogens is 2. The highest BCUT2D eigenvalue weighted by atomic mass is 16.5. The number of aryl methyl sites for hydroxylation is 1. The van der Waals surface area contributed by atoms with Gasteiger partial charge in [0.2, 0.25) is 0 Å². The second-order valence-corrected chi connectivity index (χ2v) is 5.65. The van der Waals surface area contributed by atoms with Crippen LogP contribution in [0.3, 0.4) is 0 Å². The average molecular weight is 351 g/mol. The third kappa shape index (κ3) is 4.07. The van der Waals surface area contributed by atoms with Gasteiger partial charge < -0.3 is 4.74 Å². The number of rotatable bonds is 4. The molecule has 0 bridgehead atoms. The normalized spacial score (nSPS) is 10.3. The lowest BCUT2D eigenvalue weighted by Crippen LogP contribution is -2.29. The molecule has 1 amide bonds. The van der Waals surface area contributed by atoms with Crippen LogP contribution in [-0.2, 0) is 11.3 Å². The molecule has 132 valence electrons. The Bertz CT molecular complexity index is 1020.